The number of hydrogen-bond acceptors (Lipinski definition) is 4. The van der Waals surface area contributed by atoms with Gasteiger partial charge >= 0.3 is 0 Å². The van der Waals surface area contributed by atoms with Gasteiger partial charge in [0.15, 0.2) is 5.96 Å². The number of hydrogen-bond donors (Lipinski definition) is 2. The molecule has 29 heavy (non-hydrogen) atoms. The van der Waals surface area contributed by atoms with Crippen molar-refractivity contribution in [3.63, 3.8) is 0 Å². The highest BCUT2D eigenvalue weighted by molar-refractivity contribution is 14.0. The van der Waals surface area contributed by atoms with E-state index in [9.17, 15) is 0 Å². The maximum absolute atomic E-state index is 4.51. The van der Waals surface area contributed by atoms with Crippen molar-refractivity contribution in [3.8, 4) is 0 Å². The van der Waals surface area contributed by atoms with Gasteiger partial charge in [0.25, 0.3) is 0 Å². The van der Waals surface area contributed by atoms with E-state index in [2.05, 4.69) is 64.0 Å². The number of aryl methyl sites for hydroxylation is 2. The molecule has 2 aromatic heterocycles. The summed E-state index contributed by atoms with van der Waals surface area (Å²) >= 11 is 1.87. The topological polar surface area (TPSA) is 57.5 Å². The van der Waals surface area contributed by atoms with E-state index in [0.717, 1.165) is 31.2 Å². The van der Waals surface area contributed by atoms with Crippen LogP contribution in [0.15, 0.2) is 22.5 Å². The molecule has 2 atom stereocenters. The fourth-order valence-electron chi connectivity index (χ4n) is 4.32. The van der Waals surface area contributed by atoms with Crippen molar-refractivity contribution in [3.05, 3.63) is 39.3 Å². The number of rotatable bonds is 6. The Kier molecular flexibility index (Phi) is 9.42. The van der Waals surface area contributed by atoms with Gasteiger partial charge in [0, 0.05) is 43.8 Å². The van der Waals surface area contributed by atoms with Crippen LogP contribution >= 0.6 is 35.3 Å². The van der Waals surface area contributed by atoms with Gasteiger partial charge in [-0.05, 0) is 69.6 Å². The first kappa shape index (κ1) is 24.1. The highest BCUT2D eigenvalue weighted by atomic mass is 127. The molecular weight excluding hydrogens is 495 g/mol. The molecule has 0 aliphatic carbocycles. The van der Waals surface area contributed by atoms with Crippen LogP contribution < -0.4 is 10.6 Å². The second-order valence-corrected chi connectivity index (χ2v) is 8.73. The Bertz CT molecular complexity index is 785. The van der Waals surface area contributed by atoms with Crippen LogP contribution in [-0.4, -0.2) is 54.4 Å². The largest absolute Gasteiger partial charge is 0.356 e. The number of nitrogens with zero attached hydrogens (tertiary/aromatic N) is 4. The molecule has 0 spiro atoms. The van der Waals surface area contributed by atoms with Gasteiger partial charge < -0.3 is 10.6 Å². The van der Waals surface area contributed by atoms with E-state index in [1.807, 2.05) is 30.1 Å². The SMILES string of the molecule is CN=C(NCCc1c(C)nn(C)c1C)NCC1CCCN(C)C1c1cccs1.I. The fraction of sp³-hybridized carbons (Fsp3) is 0.619. The van der Waals surface area contributed by atoms with Crippen molar-refractivity contribution in [1.29, 1.82) is 0 Å². The molecule has 2 unspecified atom stereocenters. The molecule has 0 aromatic carbocycles. The van der Waals surface area contributed by atoms with E-state index < -0.39 is 0 Å². The normalized spacial score (nSPS) is 20.4. The predicted octanol–water partition coefficient (Wildman–Crippen LogP) is 3.51. The number of halogens is 1. The first-order valence-electron chi connectivity index (χ1n) is 10.2. The summed E-state index contributed by atoms with van der Waals surface area (Å²) in [6, 6.07) is 4.94. The number of nitrogens with one attached hydrogen (secondary N) is 2. The molecule has 8 heteroatoms. The lowest BCUT2D eigenvalue weighted by Gasteiger charge is -2.39. The smallest absolute Gasteiger partial charge is 0.190 e. The molecule has 162 valence electrons. The molecule has 3 rings (SSSR count). The molecule has 2 aromatic rings. The zero-order valence-corrected chi connectivity index (χ0v) is 21.4. The van der Waals surface area contributed by atoms with Crippen LogP contribution in [0.25, 0.3) is 0 Å². The first-order chi connectivity index (χ1) is 13.5. The minimum atomic E-state index is 0. The van der Waals surface area contributed by atoms with E-state index in [0.29, 0.717) is 12.0 Å². The lowest BCUT2D eigenvalue weighted by molar-refractivity contribution is 0.125. The van der Waals surface area contributed by atoms with Crippen molar-refractivity contribution < 1.29 is 0 Å². The number of piperidine rings is 1. The Morgan fingerprint density at radius 1 is 1.31 bits per heavy atom. The van der Waals surface area contributed by atoms with Crippen LogP contribution in [0.2, 0.25) is 0 Å². The Balaban J connectivity index is 0.00000300. The zero-order chi connectivity index (χ0) is 20.1. The zero-order valence-electron chi connectivity index (χ0n) is 18.2. The van der Waals surface area contributed by atoms with E-state index in [1.54, 1.807) is 0 Å². The third-order valence-corrected chi connectivity index (χ3v) is 6.87. The summed E-state index contributed by atoms with van der Waals surface area (Å²) in [7, 11) is 6.10. The molecule has 1 fully saturated rings. The highest BCUT2D eigenvalue weighted by Gasteiger charge is 2.31. The van der Waals surface area contributed by atoms with Crippen LogP contribution in [0.4, 0.5) is 0 Å². The first-order valence-corrected chi connectivity index (χ1v) is 11.1. The number of guanidine groups is 1. The van der Waals surface area contributed by atoms with Gasteiger partial charge in [-0.15, -0.1) is 35.3 Å². The standard InChI is InChI=1S/C21H34N6S.HI/c1-15-18(16(2)27(5)25-15)10-11-23-21(22-3)24-14-17-8-6-12-26(4)20(17)19-9-7-13-28-19;/h7,9,13,17,20H,6,8,10-12,14H2,1-5H3,(H2,22,23,24);1H. The second kappa shape index (κ2) is 11.3. The minimum Gasteiger partial charge on any atom is -0.356 e. The lowest BCUT2D eigenvalue weighted by Crippen LogP contribution is -2.45. The van der Waals surface area contributed by atoms with Crippen LogP contribution in [0, 0.1) is 19.8 Å². The Hall–Kier alpha value is -1.13. The summed E-state index contributed by atoms with van der Waals surface area (Å²) in [5.41, 5.74) is 3.69. The molecule has 1 saturated heterocycles. The number of aliphatic imine (C=N–C) groups is 1. The molecule has 0 saturated carbocycles. The molecule has 1 aliphatic rings. The van der Waals surface area contributed by atoms with Crippen LogP contribution in [0.1, 0.15) is 40.7 Å². The van der Waals surface area contributed by atoms with Gasteiger partial charge in [0.2, 0.25) is 0 Å². The van der Waals surface area contributed by atoms with Crippen molar-refractivity contribution in [1.82, 2.24) is 25.3 Å². The molecule has 0 bridgehead atoms. The van der Waals surface area contributed by atoms with Crippen molar-refractivity contribution in [2.75, 3.05) is 33.7 Å². The molecule has 6 nitrogen and oxygen atoms in total. The summed E-state index contributed by atoms with van der Waals surface area (Å²) in [5.74, 6) is 1.48. The predicted molar refractivity (Wildman–Crippen MR) is 134 cm³/mol. The second-order valence-electron chi connectivity index (χ2n) is 7.75. The summed E-state index contributed by atoms with van der Waals surface area (Å²) in [5, 5.41) is 13.7. The highest BCUT2D eigenvalue weighted by Crippen LogP contribution is 2.36. The van der Waals surface area contributed by atoms with Crippen molar-refractivity contribution >= 4 is 41.3 Å². The van der Waals surface area contributed by atoms with Crippen molar-refractivity contribution in [2.24, 2.45) is 18.0 Å². The third kappa shape index (κ3) is 5.95. The average Bonchev–Trinajstić information content (AvgIpc) is 3.28. The van der Waals surface area contributed by atoms with E-state index in [1.165, 1.54) is 35.5 Å². The number of thiophene rings is 1. The molecule has 0 radical (unpaired) electrons. The van der Waals surface area contributed by atoms with E-state index in [4.69, 9.17) is 0 Å². The van der Waals surface area contributed by atoms with Gasteiger partial charge in [-0.1, -0.05) is 6.07 Å². The van der Waals surface area contributed by atoms with Crippen LogP contribution in [-0.2, 0) is 13.5 Å². The van der Waals surface area contributed by atoms with Gasteiger partial charge in [0.1, 0.15) is 0 Å². The molecule has 2 N–H and O–H groups in total. The van der Waals surface area contributed by atoms with Gasteiger partial charge in [-0.3, -0.25) is 14.6 Å². The summed E-state index contributed by atoms with van der Waals surface area (Å²) < 4.78 is 1.96. The summed E-state index contributed by atoms with van der Waals surface area (Å²) in [6.45, 7) is 7.19. The quantitative estimate of drug-likeness (QED) is 0.341. The Morgan fingerprint density at radius 2 is 2.10 bits per heavy atom. The van der Waals surface area contributed by atoms with Gasteiger partial charge in [-0.25, -0.2) is 0 Å². The van der Waals surface area contributed by atoms with Gasteiger partial charge in [0.05, 0.1) is 5.69 Å². The molecule has 0 amide bonds. The lowest BCUT2D eigenvalue weighted by atomic mass is 9.88. The van der Waals surface area contributed by atoms with Gasteiger partial charge in [-0.2, -0.15) is 5.10 Å². The molecular formula is C21H35IN6S. The monoisotopic (exact) mass is 530 g/mol. The van der Waals surface area contributed by atoms with E-state index >= 15 is 0 Å². The van der Waals surface area contributed by atoms with Crippen molar-refractivity contribution in [2.45, 2.75) is 39.2 Å². The summed E-state index contributed by atoms with van der Waals surface area (Å²) in [6.07, 6.45) is 3.47. The third-order valence-electron chi connectivity index (χ3n) is 5.92. The maximum Gasteiger partial charge on any atom is 0.190 e. The fourth-order valence-corrected chi connectivity index (χ4v) is 5.30. The molecule has 3 heterocycles. The maximum atomic E-state index is 4.51. The van der Waals surface area contributed by atoms with E-state index in [-0.39, 0.29) is 24.0 Å². The van der Waals surface area contributed by atoms with Crippen LogP contribution in [0.5, 0.6) is 0 Å². The Labute approximate surface area is 196 Å². The Morgan fingerprint density at radius 3 is 2.72 bits per heavy atom. The minimum absolute atomic E-state index is 0. The number of likely N-dealkylation sites (tertiary alicyclic amines) is 1. The summed E-state index contributed by atoms with van der Waals surface area (Å²) in [4.78, 5) is 8.40. The van der Waals surface area contributed by atoms with Crippen LogP contribution in [0.3, 0.4) is 0 Å². The number of aromatic nitrogens is 2. The average molecular weight is 531 g/mol. The molecule has 1 aliphatic heterocycles.